The van der Waals surface area contributed by atoms with Crippen LogP contribution >= 0.6 is 0 Å². The van der Waals surface area contributed by atoms with Gasteiger partial charge in [0, 0.05) is 51.0 Å². The highest BCUT2D eigenvalue weighted by Crippen LogP contribution is 2.40. The zero-order valence-electron chi connectivity index (χ0n) is 17.9. The Bertz CT molecular complexity index is 1030. The van der Waals surface area contributed by atoms with E-state index in [0.29, 0.717) is 18.0 Å². The van der Waals surface area contributed by atoms with E-state index in [1.165, 1.54) is 0 Å². The Balaban J connectivity index is 1.65. The minimum absolute atomic E-state index is 0.0132. The van der Waals surface area contributed by atoms with Crippen LogP contribution in [-0.2, 0) is 6.54 Å². The molecule has 2 heterocycles. The average molecular weight is 392 g/mol. The summed E-state index contributed by atoms with van der Waals surface area (Å²) in [4.78, 5) is 22.1. The third-order valence-electron chi connectivity index (χ3n) is 5.52. The molecule has 1 aliphatic rings. The van der Waals surface area contributed by atoms with E-state index in [-0.39, 0.29) is 11.9 Å². The van der Waals surface area contributed by atoms with Crippen molar-refractivity contribution in [1.82, 2.24) is 19.7 Å². The van der Waals surface area contributed by atoms with Crippen LogP contribution in [0.1, 0.15) is 60.3 Å². The lowest BCUT2D eigenvalue weighted by atomic mass is 10.1. The van der Waals surface area contributed by atoms with E-state index >= 15 is 0 Å². The molecule has 1 amide bonds. The van der Waals surface area contributed by atoms with Crippen LogP contribution in [0.3, 0.4) is 0 Å². The lowest BCUT2D eigenvalue weighted by Crippen LogP contribution is -2.26. The van der Waals surface area contributed by atoms with Crippen molar-refractivity contribution in [1.29, 1.82) is 0 Å². The Labute approximate surface area is 172 Å². The molecule has 4 rings (SSSR count). The van der Waals surface area contributed by atoms with Gasteiger partial charge >= 0.3 is 0 Å². The van der Waals surface area contributed by atoms with Gasteiger partial charge in [0.15, 0.2) is 5.65 Å². The second-order valence-electron chi connectivity index (χ2n) is 8.51. The van der Waals surface area contributed by atoms with Gasteiger partial charge in [-0.3, -0.25) is 4.79 Å². The number of anilines is 1. The zero-order chi connectivity index (χ0) is 20.7. The first-order valence-corrected chi connectivity index (χ1v) is 10.2. The van der Waals surface area contributed by atoms with Crippen LogP contribution in [0.4, 0.5) is 5.69 Å². The van der Waals surface area contributed by atoms with Crippen molar-refractivity contribution < 1.29 is 4.79 Å². The molecule has 0 aliphatic heterocycles. The standard InChI is InChI=1S/C23H29N5O/c1-15(2)28-22-20(13-24-28)19(12-21(25-22)17-8-9-17)23(29)27(5)14-16-6-10-18(11-7-16)26(3)4/h6-7,10-13,15,17H,8-9,14H2,1-5H3. The summed E-state index contributed by atoms with van der Waals surface area (Å²) >= 11 is 0. The molecule has 0 unspecified atom stereocenters. The molecule has 6 heteroatoms. The monoisotopic (exact) mass is 391 g/mol. The van der Waals surface area contributed by atoms with E-state index in [4.69, 9.17) is 4.98 Å². The van der Waals surface area contributed by atoms with Crippen LogP contribution < -0.4 is 4.90 Å². The summed E-state index contributed by atoms with van der Waals surface area (Å²) in [5.74, 6) is 0.490. The number of nitrogens with zero attached hydrogens (tertiary/aromatic N) is 5. The van der Waals surface area contributed by atoms with Crippen LogP contribution in [0.25, 0.3) is 11.0 Å². The van der Waals surface area contributed by atoms with Crippen LogP contribution in [0.15, 0.2) is 36.5 Å². The molecule has 0 spiro atoms. The van der Waals surface area contributed by atoms with E-state index in [1.807, 2.05) is 31.9 Å². The van der Waals surface area contributed by atoms with Gasteiger partial charge in [-0.25, -0.2) is 9.67 Å². The highest BCUT2D eigenvalue weighted by atomic mass is 16.2. The van der Waals surface area contributed by atoms with E-state index < -0.39 is 0 Å². The number of carbonyl (C=O) groups excluding carboxylic acids is 1. The first-order valence-electron chi connectivity index (χ1n) is 10.2. The molecule has 3 aromatic rings. The Kier molecular flexibility index (Phi) is 5.03. The highest BCUT2D eigenvalue weighted by molar-refractivity contribution is 6.05. The van der Waals surface area contributed by atoms with Crippen molar-refractivity contribution in [3.05, 3.63) is 53.3 Å². The number of hydrogen-bond donors (Lipinski definition) is 0. The van der Waals surface area contributed by atoms with Gasteiger partial charge < -0.3 is 9.80 Å². The summed E-state index contributed by atoms with van der Waals surface area (Å²) in [6, 6.07) is 10.5. The Morgan fingerprint density at radius 1 is 1.17 bits per heavy atom. The minimum Gasteiger partial charge on any atom is -0.378 e. The number of pyridine rings is 1. The molecule has 1 aromatic carbocycles. The SMILES string of the molecule is CC(C)n1ncc2c(C(=O)N(C)Cc3ccc(N(C)C)cc3)cc(C3CC3)nc21. The fraction of sp³-hybridized carbons (Fsp3) is 0.435. The third-order valence-corrected chi connectivity index (χ3v) is 5.52. The Morgan fingerprint density at radius 2 is 1.86 bits per heavy atom. The molecule has 0 radical (unpaired) electrons. The quantitative estimate of drug-likeness (QED) is 0.631. The number of aromatic nitrogens is 3. The van der Waals surface area contributed by atoms with Gasteiger partial charge in [-0.2, -0.15) is 5.10 Å². The van der Waals surface area contributed by atoms with Gasteiger partial charge in [-0.15, -0.1) is 0 Å². The number of benzene rings is 1. The van der Waals surface area contributed by atoms with Crippen molar-refractivity contribution in [3.8, 4) is 0 Å². The van der Waals surface area contributed by atoms with Crippen molar-refractivity contribution in [2.45, 2.75) is 45.2 Å². The van der Waals surface area contributed by atoms with Gasteiger partial charge in [0.25, 0.3) is 5.91 Å². The molecule has 2 aromatic heterocycles. The number of fused-ring (bicyclic) bond motifs is 1. The molecule has 0 atom stereocenters. The summed E-state index contributed by atoms with van der Waals surface area (Å²) in [6.45, 7) is 4.74. The second kappa shape index (κ2) is 7.50. The zero-order valence-corrected chi connectivity index (χ0v) is 17.9. The number of hydrogen-bond acceptors (Lipinski definition) is 4. The summed E-state index contributed by atoms with van der Waals surface area (Å²) in [6.07, 6.45) is 4.08. The summed E-state index contributed by atoms with van der Waals surface area (Å²) in [5, 5.41) is 5.34. The largest absolute Gasteiger partial charge is 0.378 e. The van der Waals surface area contributed by atoms with Crippen molar-refractivity contribution in [2.75, 3.05) is 26.0 Å². The number of rotatable bonds is 6. The molecule has 1 saturated carbocycles. The molecule has 152 valence electrons. The lowest BCUT2D eigenvalue weighted by Gasteiger charge is -2.19. The van der Waals surface area contributed by atoms with E-state index in [2.05, 4.69) is 48.1 Å². The van der Waals surface area contributed by atoms with Gasteiger partial charge in [-0.05, 0) is 50.5 Å². The summed E-state index contributed by atoms with van der Waals surface area (Å²) in [5.41, 5.74) is 4.80. The number of amides is 1. The van der Waals surface area contributed by atoms with Crippen LogP contribution in [0.2, 0.25) is 0 Å². The van der Waals surface area contributed by atoms with Crippen LogP contribution in [0, 0.1) is 0 Å². The summed E-state index contributed by atoms with van der Waals surface area (Å²) < 4.78 is 1.91. The van der Waals surface area contributed by atoms with Gasteiger partial charge in [-0.1, -0.05) is 12.1 Å². The van der Waals surface area contributed by atoms with E-state index in [0.717, 1.165) is 40.8 Å². The van der Waals surface area contributed by atoms with Gasteiger partial charge in [0.05, 0.1) is 17.1 Å². The second-order valence-corrected chi connectivity index (χ2v) is 8.51. The average Bonchev–Trinajstić information content (AvgIpc) is 3.45. The first kappa shape index (κ1) is 19.4. The Morgan fingerprint density at radius 3 is 2.45 bits per heavy atom. The van der Waals surface area contributed by atoms with Crippen LogP contribution in [0.5, 0.6) is 0 Å². The maximum atomic E-state index is 13.4. The Hall–Kier alpha value is -2.89. The van der Waals surface area contributed by atoms with Crippen molar-refractivity contribution >= 4 is 22.6 Å². The lowest BCUT2D eigenvalue weighted by molar-refractivity contribution is 0.0787. The molecule has 6 nitrogen and oxygen atoms in total. The molecular weight excluding hydrogens is 362 g/mol. The molecule has 0 saturated heterocycles. The van der Waals surface area contributed by atoms with Crippen molar-refractivity contribution in [3.63, 3.8) is 0 Å². The predicted molar refractivity (Wildman–Crippen MR) is 116 cm³/mol. The van der Waals surface area contributed by atoms with Gasteiger partial charge in [0.2, 0.25) is 0 Å². The fourth-order valence-corrected chi connectivity index (χ4v) is 3.63. The van der Waals surface area contributed by atoms with Crippen LogP contribution in [-0.4, -0.2) is 46.7 Å². The molecule has 0 N–H and O–H groups in total. The maximum Gasteiger partial charge on any atom is 0.254 e. The highest BCUT2D eigenvalue weighted by Gasteiger charge is 2.29. The first-order chi connectivity index (χ1) is 13.8. The molecular formula is C23H29N5O. The molecule has 29 heavy (non-hydrogen) atoms. The number of carbonyl (C=O) groups is 1. The smallest absolute Gasteiger partial charge is 0.254 e. The van der Waals surface area contributed by atoms with Gasteiger partial charge in [0.1, 0.15) is 0 Å². The molecule has 0 bridgehead atoms. The molecule has 1 fully saturated rings. The normalized spacial score (nSPS) is 13.9. The van der Waals surface area contributed by atoms with E-state index in [1.54, 1.807) is 11.1 Å². The minimum atomic E-state index is 0.0132. The van der Waals surface area contributed by atoms with Crippen molar-refractivity contribution in [2.24, 2.45) is 0 Å². The molecule has 1 aliphatic carbocycles. The van der Waals surface area contributed by atoms with E-state index in [9.17, 15) is 4.79 Å². The third kappa shape index (κ3) is 3.84. The topological polar surface area (TPSA) is 54.3 Å². The predicted octanol–water partition coefficient (Wildman–Crippen LogP) is 4.23. The fourth-order valence-electron chi connectivity index (χ4n) is 3.63. The maximum absolute atomic E-state index is 13.4. The summed E-state index contributed by atoms with van der Waals surface area (Å²) in [7, 11) is 5.90.